The molecule has 1 unspecified atom stereocenters. The Morgan fingerprint density at radius 2 is 2.24 bits per heavy atom. The number of aromatic nitrogens is 3. The van der Waals surface area contributed by atoms with Gasteiger partial charge in [-0.05, 0) is 24.6 Å². The largest absolute Gasteiger partial charge is 0.494 e. The van der Waals surface area contributed by atoms with E-state index in [9.17, 15) is 0 Å². The van der Waals surface area contributed by atoms with Gasteiger partial charge < -0.3 is 14.4 Å². The van der Waals surface area contributed by atoms with Crippen LogP contribution in [0.4, 0.5) is 5.69 Å². The van der Waals surface area contributed by atoms with Crippen molar-refractivity contribution in [1.82, 2.24) is 14.8 Å². The Kier molecular flexibility index (Phi) is 4.28. The molecule has 6 heteroatoms. The monoisotopic (exact) mass is 338 g/mol. The number of pyridine rings is 1. The van der Waals surface area contributed by atoms with E-state index < -0.39 is 0 Å². The molecule has 1 fully saturated rings. The maximum absolute atomic E-state index is 5.96. The van der Waals surface area contributed by atoms with E-state index in [1.807, 2.05) is 35.3 Å². The van der Waals surface area contributed by atoms with Crippen molar-refractivity contribution >= 4 is 16.6 Å². The molecule has 130 valence electrons. The average Bonchev–Trinajstić information content (AvgIpc) is 3.14. The van der Waals surface area contributed by atoms with Gasteiger partial charge >= 0.3 is 0 Å². The van der Waals surface area contributed by atoms with Crippen molar-refractivity contribution < 1.29 is 9.47 Å². The zero-order chi connectivity index (χ0) is 17.2. The molecule has 0 N–H and O–H groups in total. The molecule has 0 aliphatic carbocycles. The van der Waals surface area contributed by atoms with Gasteiger partial charge in [-0.15, -0.1) is 0 Å². The summed E-state index contributed by atoms with van der Waals surface area (Å²) in [5.41, 5.74) is 3.29. The lowest BCUT2D eigenvalue weighted by Gasteiger charge is -2.36. The van der Waals surface area contributed by atoms with E-state index >= 15 is 0 Å². The SMILES string of the molecule is COc1cccc2c(N3CCOC(Cn4cccn4)C3)c(C)cnc12. The third-order valence-electron chi connectivity index (χ3n) is 4.64. The average molecular weight is 338 g/mol. The van der Waals surface area contributed by atoms with Gasteiger partial charge in [-0.25, -0.2) is 0 Å². The van der Waals surface area contributed by atoms with Crippen LogP contribution in [0.25, 0.3) is 10.9 Å². The van der Waals surface area contributed by atoms with Crippen LogP contribution in [0.15, 0.2) is 42.9 Å². The molecule has 0 amide bonds. The van der Waals surface area contributed by atoms with Crippen molar-refractivity contribution in [3.8, 4) is 5.75 Å². The summed E-state index contributed by atoms with van der Waals surface area (Å²) in [5.74, 6) is 0.806. The second-order valence-corrected chi connectivity index (χ2v) is 6.31. The van der Waals surface area contributed by atoms with Gasteiger partial charge in [0.2, 0.25) is 0 Å². The van der Waals surface area contributed by atoms with Crippen molar-refractivity contribution in [3.05, 3.63) is 48.4 Å². The second kappa shape index (κ2) is 6.72. The topological polar surface area (TPSA) is 52.4 Å². The molecular weight excluding hydrogens is 316 g/mol. The number of nitrogens with zero attached hydrogens (tertiary/aromatic N) is 4. The molecule has 2 aromatic heterocycles. The van der Waals surface area contributed by atoms with Crippen LogP contribution in [0.3, 0.4) is 0 Å². The molecule has 1 aliphatic heterocycles. The molecular formula is C19H22N4O2. The Bertz CT molecular complexity index is 863. The number of hydrogen-bond acceptors (Lipinski definition) is 5. The van der Waals surface area contributed by atoms with Gasteiger partial charge in [0.15, 0.2) is 0 Å². The third-order valence-corrected chi connectivity index (χ3v) is 4.64. The van der Waals surface area contributed by atoms with Crippen molar-refractivity contribution in [3.63, 3.8) is 0 Å². The third kappa shape index (κ3) is 3.05. The predicted octanol–water partition coefficient (Wildman–Crippen LogP) is 2.65. The fraction of sp³-hybridized carbons (Fsp3) is 0.368. The lowest BCUT2D eigenvalue weighted by molar-refractivity contribution is 0.0275. The molecule has 1 atom stereocenters. The number of fused-ring (bicyclic) bond motifs is 1. The van der Waals surface area contributed by atoms with E-state index in [4.69, 9.17) is 9.47 Å². The smallest absolute Gasteiger partial charge is 0.145 e. The van der Waals surface area contributed by atoms with Crippen LogP contribution in [0.5, 0.6) is 5.75 Å². The van der Waals surface area contributed by atoms with Gasteiger partial charge in [-0.3, -0.25) is 9.67 Å². The molecule has 0 bridgehead atoms. The lowest BCUT2D eigenvalue weighted by Crippen LogP contribution is -2.44. The molecule has 1 aliphatic rings. The van der Waals surface area contributed by atoms with Crippen LogP contribution in [-0.4, -0.2) is 47.7 Å². The van der Waals surface area contributed by atoms with Gasteiger partial charge in [-0.2, -0.15) is 5.10 Å². The highest BCUT2D eigenvalue weighted by atomic mass is 16.5. The number of methoxy groups -OCH3 is 1. The zero-order valence-corrected chi connectivity index (χ0v) is 14.6. The first kappa shape index (κ1) is 15.9. The molecule has 4 rings (SSSR count). The van der Waals surface area contributed by atoms with Crippen molar-refractivity contribution in [2.75, 3.05) is 31.7 Å². The first-order chi connectivity index (χ1) is 12.3. The first-order valence-corrected chi connectivity index (χ1v) is 8.52. The van der Waals surface area contributed by atoms with E-state index in [1.54, 1.807) is 13.3 Å². The summed E-state index contributed by atoms with van der Waals surface area (Å²) in [5, 5.41) is 5.41. The van der Waals surface area contributed by atoms with Gasteiger partial charge in [-0.1, -0.05) is 12.1 Å². The number of para-hydroxylation sites is 1. The molecule has 0 spiro atoms. The molecule has 6 nitrogen and oxygen atoms in total. The quantitative estimate of drug-likeness (QED) is 0.732. The summed E-state index contributed by atoms with van der Waals surface area (Å²) in [6.07, 6.45) is 5.81. The number of hydrogen-bond donors (Lipinski definition) is 0. The van der Waals surface area contributed by atoms with Crippen LogP contribution in [0.1, 0.15) is 5.56 Å². The standard InChI is InChI=1S/C19H22N4O2/c1-14-11-20-18-16(5-3-6-17(18)24-2)19(14)22-9-10-25-15(12-22)13-23-8-4-7-21-23/h3-8,11,15H,9-10,12-13H2,1-2H3. The number of rotatable bonds is 4. The van der Waals surface area contributed by atoms with Crippen molar-refractivity contribution in [1.29, 1.82) is 0 Å². The molecule has 0 saturated carbocycles. The Labute approximate surface area is 147 Å². The fourth-order valence-corrected chi connectivity index (χ4v) is 3.52. The van der Waals surface area contributed by atoms with E-state index in [0.29, 0.717) is 6.61 Å². The number of anilines is 1. The van der Waals surface area contributed by atoms with Crippen LogP contribution in [0, 0.1) is 6.92 Å². The molecule has 3 heterocycles. The Hall–Kier alpha value is -2.60. The minimum Gasteiger partial charge on any atom is -0.494 e. The zero-order valence-electron chi connectivity index (χ0n) is 14.6. The van der Waals surface area contributed by atoms with E-state index in [-0.39, 0.29) is 6.10 Å². The molecule has 0 radical (unpaired) electrons. The first-order valence-electron chi connectivity index (χ1n) is 8.52. The highest BCUT2D eigenvalue weighted by Gasteiger charge is 2.24. The Morgan fingerprint density at radius 3 is 3.04 bits per heavy atom. The van der Waals surface area contributed by atoms with E-state index in [1.165, 1.54) is 11.3 Å². The molecule has 1 saturated heterocycles. The van der Waals surface area contributed by atoms with Crippen LogP contribution < -0.4 is 9.64 Å². The van der Waals surface area contributed by atoms with Gasteiger partial charge in [0.1, 0.15) is 11.3 Å². The summed E-state index contributed by atoms with van der Waals surface area (Å²) < 4.78 is 13.4. The molecule has 3 aromatic rings. The number of benzene rings is 1. The minimum atomic E-state index is 0.113. The maximum atomic E-state index is 5.96. The van der Waals surface area contributed by atoms with E-state index in [0.717, 1.165) is 36.3 Å². The summed E-state index contributed by atoms with van der Waals surface area (Å²) >= 11 is 0. The van der Waals surface area contributed by atoms with Gasteiger partial charge in [0, 0.05) is 37.1 Å². The lowest BCUT2D eigenvalue weighted by atomic mass is 10.1. The van der Waals surface area contributed by atoms with Crippen molar-refractivity contribution in [2.45, 2.75) is 19.6 Å². The second-order valence-electron chi connectivity index (χ2n) is 6.31. The highest BCUT2D eigenvalue weighted by Crippen LogP contribution is 2.34. The van der Waals surface area contributed by atoms with Crippen LogP contribution >= 0.6 is 0 Å². The summed E-state index contributed by atoms with van der Waals surface area (Å²) in [6.45, 7) is 5.27. The highest BCUT2D eigenvalue weighted by molar-refractivity contribution is 5.96. The number of morpholine rings is 1. The number of aryl methyl sites for hydroxylation is 1. The molecule has 1 aromatic carbocycles. The Balaban J connectivity index is 1.67. The Morgan fingerprint density at radius 1 is 1.32 bits per heavy atom. The van der Waals surface area contributed by atoms with E-state index in [2.05, 4.69) is 28.0 Å². The van der Waals surface area contributed by atoms with Gasteiger partial charge in [0.05, 0.1) is 32.1 Å². The summed E-state index contributed by atoms with van der Waals surface area (Å²) in [4.78, 5) is 6.99. The molecule has 25 heavy (non-hydrogen) atoms. The summed E-state index contributed by atoms with van der Waals surface area (Å²) in [7, 11) is 1.69. The minimum absolute atomic E-state index is 0.113. The van der Waals surface area contributed by atoms with Crippen LogP contribution in [0.2, 0.25) is 0 Å². The normalized spacial score (nSPS) is 17.8. The van der Waals surface area contributed by atoms with Crippen LogP contribution in [-0.2, 0) is 11.3 Å². The van der Waals surface area contributed by atoms with Crippen molar-refractivity contribution in [2.24, 2.45) is 0 Å². The fourth-order valence-electron chi connectivity index (χ4n) is 3.52. The van der Waals surface area contributed by atoms with Gasteiger partial charge in [0.25, 0.3) is 0 Å². The number of ether oxygens (including phenoxy) is 2. The summed E-state index contributed by atoms with van der Waals surface area (Å²) in [6, 6.07) is 8.03. The maximum Gasteiger partial charge on any atom is 0.145 e. The predicted molar refractivity (Wildman–Crippen MR) is 97.2 cm³/mol.